The van der Waals surface area contributed by atoms with E-state index >= 15 is 0 Å². The lowest BCUT2D eigenvalue weighted by molar-refractivity contribution is 0.268. The first-order chi connectivity index (χ1) is 8.20. The Labute approximate surface area is 99.5 Å². The summed E-state index contributed by atoms with van der Waals surface area (Å²) in [6.07, 6.45) is 0. The molecule has 3 heteroatoms. The largest absolute Gasteiger partial charge is 0.394 e. The summed E-state index contributed by atoms with van der Waals surface area (Å²) in [5, 5.41) is 8.94. The molecule has 0 aliphatic rings. The molecule has 17 heavy (non-hydrogen) atoms. The van der Waals surface area contributed by atoms with Crippen molar-refractivity contribution in [1.29, 1.82) is 0 Å². The van der Waals surface area contributed by atoms with E-state index in [9.17, 15) is 4.39 Å². The first-order valence-electron chi connectivity index (χ1n) is 5.43. The standard InChI is InChI=1S/C14H14FNO/c15-13-7-5-11(6-8-13)10-1-3-12(4-2-10)14(16)9-17/h1-8,14,17H,9,16H2/t14-/m1/s1. The van der Waals surface area contributed by atoms with E-state index in [2.05, 4.69) is 0 Å². The topological polar surface area (TPSA) is 46.2 Å². The van der Waals surface area contributed by atoms with Gasteiger partial charge in [0.2, 0.25) is 0 Å². The van der Waals surface area contributed by atoms with E-state index in [0.717, 1.165) is 16.7 Å². The van der Waals surface area contributed by atoms with Gasteiger partial charge in [-0.05, 0) is 28.8 Å². The molecule has 88 valence electrons. The molecule has 2 aromatic carbocycles. The van der Waals surface area contributed by atoms with Gasteiger partial charge in [0, 0.05) is 0 Å². The number of rotatable bonds is 3. The number of halogens is 1. The van der Waals surface area contributed by atoms with Crippen molar-refractivity contribution in [3.63, 3.8) is 0 Å². The summed E-state index contributed by atoms with van der Waals surface area (Å²) in [6, 6.07) is 13.6. The number of aliphatic hydroxyl groups is 1. The molecule has 0 amide bonds. The van der Waals surface area contributed by atoms with Gasteiger partial charge in [-0.25, -0.2) is 4.39 Å². The van der Waals surface area contributed by atoms with Crippen LogP contribution in [0.1, 0.15) is 11.6 Å². The molecule has 1 atom stereocenters. The highest BCUT2D eigenvalue weighted by Gasteiger charge is 2.04. The molecule has 0 saturated heterocycles. The van der Waals surface area contributed by atoms with E-state index in [4.69, 9.17) is 10.8 Å². The first-order valence-corrected chi connectivity index (χ1v) is 5.43. The summed E-state index contributed by atoms with van der Waals surface area (Å²) >= 11 is 0. The van der Waals surface area contributed by atoms with Gasteiger partial charge >= 0.3 is 0 Å². The molecule has 3 N–H and O–H groups in total. The monoisotopic (exact) mass is 231 g/mol. The first kappa shape index (κ1) is 11.8. The summed E-state index contributed by atoms with van der Waals surface area (Å²) in [4.78, 5) is 0. The average Bonchev–Trinajstić information content (AvgIpc) is 2.39. The second kappa shape index (κ2) is 5.08. The lowest BCUT2D eigenvalue weighted by Gasteiger charge is -2.09. The van der Waals surface area contributed by atoms with E-state index < -0.39 is 0 Å². The molecule has 0 unspecified atom stereocenters. The Morgan fingerprint density at radius 3 is 1.88 bits per heavy atom. The van der Waals surface area contributed by atoms with Crippen LogP contribution in [0.4, 0.5) is 4.39 Å². The van der Waals surface area contributed by atoms with Crippen molar-refractivity contribution in [2.45, 2.75) is 6.04 Å². The third-order valence-electron chi connectivity index (χ3n) is 2.71. The molecule has 0 aliphatic heterocycles. The maximum Gasteiger partial charge on any atom is 0.123 e. The number of hydrogen-bond donors (Lipinski definition) is 2. The van der Waals surface area contributed by atoms with Gasteiger partial charge in [0.25, 0.3) is 0 Å². The van der Waals surface area contributed by atoms with Crippen molar-refractivity contribution in [2.75, 3.05) is 6.61 Å². The van der Waals surface area contributed by atoms with Crippen LogP contribution in [0.2, 0.25) is 0 Å². The molecule has 2 rings (SSSR count). The fourth-order valence-electron chi connectivity index (χ4n) is 1.67. The minimum absolute atomic E-state index is 0.0735. The van der Waals surface area contributed by atoms with E-state index in [1.54, 1.807) is 12.1 Å². The molecule has 0 radical (unpaired) electrons. The highest BCUT2D eigenvalue weighted by molar-refractivity contribution is 5.63. The Bertz CT molecular complexity index is 479. The van der Waals surface area contributed by atoms with Gasteiger partial charge in [-0.2, -0.15) is 0 Å². The fraction of sp³-hybridized carbons (Fsp3) is 0.143. The predicted octanol–water partition coefficient (Wildman–Crippen LogP) is 2.48. The van der Waals surface area contributed by atoms with Crippen molar-refractivity contribution in [3.05, 3.63) is 59.9 Å². The maximum absolute atomic E-state index is 12.8. The third kappa shape index (κ3) is 2.70. The second-order valence-corrected chi connectivity index (χ2v) is 3.92. The molecule has 0 aromatic heterocycles. The molecule has 0 bridgehead atoms. The smallest absolute Gasteiger partial charge is 0.123 e. The molecule has 2 nitrogen and oxygen atoms in total. The van der Waals surface area contributed by atoms with E-state index in [1.807, 2.05) is 24.3 Å². The molecule has 0 spiro atoms. The van der Waals surface area contributed by atoms with Crippen molar-refractivity contribution in [3.8, 4) is 11.1 Å². The predicted molar refractivity (Wildman–Crippen MR) is 65.9 cm³/mol. The highest BCUT2D eigenvalue weighted by Crippen LogP contribution is 2.21. The number of benzene rings is 2. The average molecular weight is 231 g/mol. The van der Waals surface area contributed by atoms with Crippen LogP contribution in [0.15, 0.2) is 48.5 Å². The Morgan fingerprint density at radius 2 is 1.41 bits per heavy atom. The van der Waals surface area contributed by atoms with Gasteiger partial charge in [0.15, 0.2) is 0 Å². The Morgan fingerprint density at radius 1 is 0.941 bits per heavy atom. The van der Waals surface area contributed by atoms with Crippen LogP contribution in [0, 0.1) is 5.82 Å². The molecule has 2 aromatic rings. The Kier molecular flexibility index (Phi) is 3.52. The van der Waals surface area contributed by atoms with Crippen molar-refractivity contribution in [1.82, 2.24) is 0 Å². The Balaban J connectivity index is 2.26. The minimum atomic E-state index is -0.350. The fourth-order valence-corrected chi connectivity index (χ4v) is 1.67. The van der Waals surface area contributed by atoms with Crippen molar-refractivity contribution < 1.29 is 9.50 Å². The van der Waals surface area contributed by atoms with Gasteiger partial charge in [-0.1, -0.05) is 36.4 Å². The highest BCUT2D eigenvalue weighted by atomic mass is 19.1. The van der Waals surface area contributed by atoms with E-state index in [-0.39, 0.29) is 18.5 Å². The zero-order valence-electron chi connectivity index (χ0n) is 9.31. The van der Waals surface area contributed by atoms with Crippen molar-refractivity contribution >= 4 is 0 Å². The minimum Gasteiger partial charge on any atom is -0.394 e. The maximum atomic E-state index is 12.8. The molecule has 0 saturated carbocycles. The summed E-state index contributed by atoms with van der Waals surface area (Å²) in [6.45, 7) is -0.0735. The lowest BCUT2D eigenvalue weighted by Crippen LogP contribution is -2.14. The molecule has 0 aliphatic carbocycles. The van der Waals surface area contributed by atoms with Crippen LogP contribution in [-0.2, 0) is 0 Å². The van der Waals surface area contributed by atoms with E-state index in [1.165, 1.54) is 12.1 Å². The molecule has 0 fully saturated rings. The third-order valence-corrected chi connectivity index (χ3v) is 2.71. The zero-order chi connectivity index (χ0) is 12.3. The summed E-state index contributed by atoms with van der Waals surface area (Å²) in [5.74, 6) is -0.243. The summed E-state index contributed by atoms with van der Waals surface area (Å²) in [5.41, 5.74) is 8.54. The lowest BCUT2D eigenvalue weighted by atomic mass is 10.0. The normalized spacial score (nSPS) is 12.4. The zero-order valence-corrected chi connectivity index (χ0v) is 9.31. The molecular weight excluding hydrogens is 217 g/mol. The van der Waals surface area contributed by atoms with E-state index in [0.29, 0.717) is 0 Å². The van der Waals surface area contributed by atoms with Gasteiger partial charge in [-0.3, -0.25) is 0 Å². The Hall–Kier alpha value is -1.71. The van der Waals surface area contributed by atoms with Crippen LogP contribution in [0.25, 0.3) is 11.1 Å². The molecule has 0 heterocycles. The van der Waals surface area contributed by atoms with Gasteiger partial charge in [0.05, 0.1) is 12.6 Å². The van der Waals surface area contributed by atoms with Crippen LogP contribution in [0.3, 0.4) is 0 Å². The SMILES string of the molecule is N[C@H](CO)c1ccc(-c2ccc(F)cc2)cc1. The van der Waals surface area contributed by atoms with Gasteiger partial charge in [0.1, 0.15) is 5.82 Å². The molecular formula is C14H14FNO. The summed E-state index contributed by atoms with van der Waals surface area (Å²) < 4.78 is 12.8. The van der Waals surface area contributed by atoms with Gasteiger partial charge < -0.3 is 10.8 Å². The second-order valence-electron chi connectivity index (χ2n) is 3.92. The van der Waals surface area contributed by atoms with Crippen molar-refractivity contribution in [2.24, 2.45) is 5.73 Å². The summed E-state index contributed by atoms with van der Waals surface area (Å²) in [7, 11) is 0. The quantitative estimate of drug-likeness (QED) is 0.852. The van der Waals surface area contributed by atoms with Crippen LogP contribution >= 0.6 is 0 Å². The number of hydrogen-bond acceptors (Lipinski definition) is 2. The number of nitrogens with two attached hydrogens (primary N) is 1. The van der Waals surface area contributed by atoms with Gasteiger partial charge in [-0.15, -0.1) is 0 Å². The van der Waals surface area contributed by atoms with Crippen LogP contribution in [0.5, 0.6) is 0 Å². The van der Waals surface area contributed by atoms with Crippen LogP contribution in [-0.4, -0.2) is 11.7 Å². The number of aliphatic hydroxyl groups excluding tert-OH is 1. The van der Waals surface area contributed by atoms with Crippen LogP contribution < -0.4 is 5.73 Å².